The van der Waals surface area contributed by atoms with Crippen LogP contribution in [-0.2, 0) is 20.7 Å². The van der Waals surface area contributed by atoms with Crippen LogP contribution in [0.4, 0.5) is 0 Å². The van der Waals surface area contributed by atoms with E-state index in [0.717, 1.165) is 25.7 Å². The molecule has 0 aliphatic carbocycles. The third-order valence-corrected chi connectivity index (χ3v) is 2.46. The molecule has 1 aromatic rings. The molecule has 0 aromatic heterocycles. The average molecular weight is 358 g/mol. The van der Waals surface area contributed by atoms with E-state index in [1.54, 1.807) is 0 Å². The van der Waals surface area contributed by atoms with Gasteiger partial charge in [-0.1, -0.05) is 58.0 Å². The van der Waals surface area contributed by atoms with Crippen molar-refractivity contribution >= 4 is 6.29 Å². The van der Waals surface area contributed by atoms with Gasteiger partial charge in [-0.3, -0.25) is 0 Å². The van der Waals surface area contributed by atoms with Crippen LogP contribution in [0.25, 0.3) is 0 Å². The number of benzene rings is 1. The highest BCUT2D eigenvalue weighted by Crippen LogP contribution is 2.05. The smallest absolute Gasteiger partial charge is 0.147 e. The first-order valence-electron chi connectivity index (χ1n) is 9.39. The molecule has 0 saturated heterocycles. The second-order valence-electron chi connectivity index (χ2n) is 5.62. The Morgan fingerprint density at radius 2 is 1.64 bits per heavy atom. The number of nitrogens with two attached hydrogens (primary N) is 1. The Hall–Kier alpha value is -1.23. The molecule has 0 fully saturated rings. The summed E-state index contributed by atoms with van der Waals surface area (Å²) in [6, 6.07) is 10.3. The van der Waals surface area contributed by atoms with Crippen molar-refractivity contribution in [1.29, 1.82) is 0 Å². The first-order chi connectivity index (χ1) is 12.0. The van der Waals surface area contributed by atoms with Gasteiger partial charge in [0.25, 0.3) is 0 Å². The predicted octanol–water partition coefficient (Wildman–Crippen LogP) is 5.24. The molecular weight excluding hydrogens is 314 g/mol. The van der Waals surface area contributed by atoms with E-state index in [0.29, 0.717) is 19.8 Å². The minimum Gasteiger partial charge on any atom is -0.355 e. The van der Waals surface area contributed by atoms with Crippen LogP contribution in [0, 0.1) is 0 Å². The van der Waals surface area contributed by atoms with E-state index in [-0.39, 0.29) is 7.03 Å². The minimum atomic E-state index is -0.148. The summed E-state index contributed by atoms with van der Waals surface area (Å²) in [5.41, 5.74) is 6.53. The molecule has 0 amide bonds. The van der Waals surface area contributed by atoms with Gasteiger partial charge in [0.15, 0.2) is 0 Å². The fourth-order valence-electron chi connectivity index (χ4n) is 1.36. The number of carbonyl (C=O) groups is 1. The van der Waals surface area contributed by atoms with E-state index in [2.05, 4.69) is 12.1 Å². The monoisotopic (exact) mass is 357 g/mol. The lowest BCUT2D eigenvalue weighted by Gasteiger charge is -2.18. The van der Waals surface area contributed by atoms with Crippen LogP contribution >= 0.6 is 0 Å². The van der Waals surface area contributed by atoms with E-state index in [1.165, 1.54) is 5.56 Å². The highest BCUT2D eigenvalue weighted by Gasteiger charge is 2.08. The molecule has 0 heterocycles. The molecule has 0 radical (unpaired) electrons. The van der Waals surface area contributed by atoms with Crippen LogP contribution in [0.2, 0.25) is 0 Å². The molecule has 1 rings (SSSR count). The Labute approximate surface area is 157 Å². The molecule has 0 atom stereocenters. The minimum absolute atomic E-state index is 0. The van der Waals surface area contributed by atoms with Crippen molar-refractivity contribution in [3.05, 3.63) is 35.9 Å². The van der Waals surface area contributed by atoms with Gasteiger partial charge in [0.1, 0.15) is 13.1 Å². The molecule has 0 aliphatic rings. The first-order valence-corrected chi connectivity index (χ1v) is 9.39. The van der Waals surface area contributed by atoms with Crippen LogP contribution in [0.1, 0.15) is 68.3 Å². The number of aldehydes is 1. The SMILES string of the molecule is CC.CC.CC(C)(C)OCOCCCC=O.NCCc1ccccc1.[HH]. The molecule has 0 spiro atoms. The summed E-state index contributed by atoms with van der Waals surface area (Å²) in [5, 5.41) is 0. The van der Waals surface area contributed by atoms with E-state index < -0.39 is 0 Å². The highest BCUT2D eigenvalue weighted by molar-refractivity contribution is 5.48. The molecule has 150 valence electrons. The maximum absolute atomic E-state index is 9.91. The number of hydrogen-bond acceptors (Lipinski definition) is 4. The van der Waals surface area contributed by atoms with Gasteiger partial charge in [-0.2, -0.15) is 0 Å². The number of rotatable bonds is 8. The normalized spacial score (nSPS) is 9.44. The van der Waals surface area contributed by atoms with Crippen LogP contribution < -0.4 is 5.73 Å². The van der Waals surface area contributed by atoms with Crippen LogP contribution in [-0.4, -0.2) is 31.8 Å². The number of carbonyl (C=O) groups excluding carboxylic acids is 1. The maximum atomic E-state index is 9.91. The average Bonchev–Trinajstić information content (AvgIpc) is 2.62. The summed E-state index contributed by atoms with van der Waals surface area (Å²) in [4.78, 5) is 9.91. The van der Waals surface area contributed by atoms with Crippen molar-refractivity contribution in [2.24, 2.45) is 5.73 Å². The van der Waals surface area contributed by atoms with Crippen LogP contribution in [0.15, 0.2) is 30.3 Å². The first kappa shape index (κ1) is 28.6. The number of ether oxygens (including phenoxy) is 2. The van der Waals surface area contributed by atoms with Crippen molar-refractivity contribution in [3.63, 3.8) is 0 Å². The lowest BCUT2D eigenvalue weighted by molar-refractivity contribution is -0.122. The molecular formula is C21H43NO3. The van der Waals surface area contributed by atoms with Crippen molar-refractivity contribution in [1.82, 2.24) is 0 Å². The van der Waals surface area contributed by atoms with Crippen LogP contribution in [0.5, 0.6) is 0 Å². The molecule has 1 aromatic carbocycles. The summed E-state index contributed by atoms with van der Waals surface area (Å²) >= 11 is 0. The lowest BCUT2D eigenvalue weighted by Crippen LogP contribution is -2.21. The largest absolute Gasteiger partial charge is 0.355 e. The van der Waals surface area contributed by atoms with Crippen molar-refractivity contribution in [2.45, 2.75) is 73.3 Å². The third kappa shape index (κ3) is 27.9. The fourth-order valence-corrected chi connectivity index (χ4v) is 1.36. The van der Waals surface area contributed by atoms with Crippen molar-refractivity contribution < 1.29 is 15.7 Å². The zero-order chi connectivity index (χ0) is 20.0. The third-order valence-electron chi connectivity index (χ3n) is 2.46. The van der Waals surface area contributed by atoms with Gasteiger partial charge in [-0.15, -0.1) is 0 Å². The Bertz CT molecular complexity index is 354. The molecule has 4 heteroatoms. The quantitative estimate of drug-likeness (QED) is 0.392. The van der Waals surface area contributed by atoms with Gasteiger partial charge >= 0.3 is 0 Å². The zero-order valence-electron chi connectivity index (χ0n) is 17.5. The van der Waals surface area contributed by atoms with Crippen molar-refractivity contribution in [2.75, 3.05) is 19.9 Å². The molecule has 4 nitrogen and oxygen atoms in total. The van der Waals surface area contributed by atoms with Gasteiger partial charge in [0.2, 0.25) is 0 Å². The molecule has 25 heavy (non-hydrogen) atoms. The predicted molar refractivity (Wildman–Crippen MR) is 111 cm³/mol. The van der Waals surface area contributed by atoms with Gasteiger partial charge < -0.3 is 20.0 Å². The Morgan fingerprint density at radius 1 is 1.08 bits per heavy atom. The van der Waals surface area contributed by atoms with Gasteiger partial charge in [-0.25, -0.2) is 0 Å². The maximum Gasteiger partial charge on any atom is 0.147 e. The zero-order valence-corrected chi connectivity index (χ0v) is 17.5. The number of unbranched alkanes of at least 4 members (excludes halogenated alkanes) is 1. The van der Waals surface area contributed by atoms with Gasteiger partial charge in [0, 0.05) is 14.5 Å². The summed E-state index contributed by atoms with van der Waals surface area (Å²) in [7, 11) is 0. The van der Waals surface area contributed by atoms with E-state index in [4.69, 9.17) is 15.2 Å². The molecule has 0 saturated carbocycles. The highest BCUT2D eigenvalue weighted by atomic mass is 16.7. The lowest BCUT2D eigenvalue weighted by atomic mass is 10.2. The summed E-state index contributed by atoms with van der Waals surface area (Å²) in [5.74, 6) is 0. The van der Waals surface area contributed by atoms with Crippen LogP contribution in [0.3, 0.4) is 0 Å². The van der Waals surface area contributed by atoms with Gasteiger partial charge in [0.05, 0.1) is 5.60 Å². The molecule has 2 N–H and O–H groups in total. The molecule has 0 aliphatic heterocycles. The molecule has 0 bridgehead atoms. The number of hydrogen-bond donors (Lipinski definition) is 1. The summed E-state index contributed by atoms with van der Waals surface area (Å²) in [6.45, 7) is 15.6. The Morgan fingerprint density at radius 3 is 2.08 bits per heavy atom. The molecule has 0 unspecified atom stereocenters. The standard InChI is InChI=1S/C9H18O3.C8H11N.2C2H6.H2/c1-9(2,3)12-8-11-7-5-4-6-10;9-7-6-8-4-2-1-3-5-8;2*1-2;/h6H,4-5,7-8H2,1-3H3;1-5H,6-7,9H2;2*1-2H3;1H. The van der Waals surface area contributed by atoms with Gasteiger partial charge in [-0.05, 0) is 45.7 Å². The van der Waals surface area contributed by atoms with E-state index in [1.807, 2.05) is 66.7 Å². The summed E-state index contributed by atoms with van der Waals surface area (Å²) in [6.07, 6.45) is 3.22. The van der Waals surface area contributed by atoms with E-state index >= 15 is 0 Å². The second-order valence-corrected chi connectivity index (χ2v) is 5.62. The van der Waals surface area contributed by atoms with E-state index in [9.17, 15) is 4.79 Å². The second kappa shape index (κ2) is 22.8. The topological polar surface area (TPSA) is 61.5 Å². The fraction of sp³-hybridized carbons (Fsp3) is 0.667. The summed E-state index contributed by atoms with van der Waals surface area (Å²) < 4.78 is 10.4. The Balaban J connectivity index is -0.000000154. The Kier molecular flexibility index (Phi) is 26.0. The van der Waals surface area contributed by atoms with Crippen molar-refractivity contribution in [3.8, 4) is 0 Å².